The molecule has 0 saturated heterocycles. The minimum atomic E-state index is -0.784. The lowest BCUT2D eigenvalue weighted by Gasteiger charge is -2.11. The van der Waals surface area contributed by atoms with Gasteiger partial charge in [-0.15, -0.1) is 0 Å². The first-order valence-corrected chi connectivity index (χ1v) is 7.17. The van der Waals surface area contributed by atoms with Crippen molar-refractivity contribution in [2.75, 3.05) is 25.5 Å². The number of hydrogen-bond donors (Lipinski definition) is 1. The van der Waals surface area contributed by atoms with Gasteiger partial charge in [-0.25, -0.2) is 0 Å². The van der Waals surface area contributed by atoms with Gasteiger partial charge in [0.15, 0.2) is 0 Å². The van der Waals surface area contributed by atoms with E-state index in [1.54, 1.807) is 18.3 Å². The van der Waals surface area contributed by atoms with Gasteiger partial charge in [-0.3, -0.25) is 15.1 Å². The van der Waals surface area contributed by atoms with Gasteiger partial charge in [-0.2, -0.15) is 0 Å². The molecule has 0 unspecified atom stereocenters. The predicted octanol–water partition coefficient (Wildman–Crippen LogP) is 2.81. The van der Waals surface area contributed by atoms with Gasteiger partial charge in [-0.05, 0) is 35.4 Å². The lowest BCUT2D eigenvalue weighted by atomic mass is 10.1. The van der Waals surface area contributed by atoms with E-state index in [-0.39, 0.29) is 12.2 Å². The monoisotopic (exact) mass is 313 g/mol. The molecule has 120 valence electrons. The van der Waals surface area contributed by atoms with Crippen molar-refractivity contribution in [1.29, 1.82) is 0 Å². The van der Waals surface area contributed by atoms with Crippen LogP contribution in [0.4, 0.5) is 11.4 Å². The van der Waals surface area contributed by atoms with E-state index in [4.69, 9.17) is 0 Å². The van der Waals surface area contributed by atoms with Crippen molar-refractivity contribution in [2.45, 2.75) is 6.10 Å². The number of anilines is 1. The summed E-state index contributed by atoms with van der Waals surface area (Å²) in [5.74, 6) is 0. The average molecular weight is 313 g/mol. The summed E-state index contributed by atoms with van der Waals surface area (Å²) in [5, 5.41) is 20.6. The van der Waals surface area contributed by atoms with Crippen LogP contribution in [0, 0.1) is 10.1 Å². The summed E-state index contributed by atoms with van der Waals surface area (Å²) in [6, 6.07) is 13.7. The van der Waals surface area contributed by atoms with Crippen molar-refractivity contribution in [3.8, 4) is 0 Å². The summed E-state index contributed by atoms with van der Waals surface area (Å²) < 4.78 is 0. The molecular formula is C17H19N3O3. The van der Waals surface area contributed by atoms with Crippen LogP contribution in [0.15, 0.2) is 53.5 Å². The summed E-state index contributed by atoms with van der Waals surface area (Å²) in [4.78, 5) is 16.4. The number of hydrogen-bond acceptors (Lipinski definition) is 5. The number of rotatable bonds is 6. The standard InChI is InChI=1S/C17H19N3O3/c1-19(2)15-7-3-13(4-8-15)11-18-12-17(21)14-5-9-16(10-6-14)20(22)23/h3-11,17,21H,12H2,1-2H3/t17-/m0/s1. The van der Waals surface area contributed by atoms with Crippen molar-refractivity contribution in [3.63, 3.8) is 0 Å². The highest BCUT2D eigenvalue weighted by Crippen LogP contribution is 2.18. The molecule has 0 aliphatic carbocycles. The number of nitrogens with zero attached hydrogens (tertiary/aromatic N) is 3. The van der Waals surface area contributed by atoms with E-state index in [2.05, 4.69) is 4.99 Å². The molecule has 0 amide bonds. The second-order valence-electron chi connectivity index (χ2n) is 5.34. The molecule has 0 fully saturated rings. The van der Waals surface area contributed by atoms with Crippen LogP contribution in [0.3, 0.4) is 0 Å². The molecule has 6 nitrogen and oxygen atoms in total. The van der Waals surface area contributed by atoms with Gasteiger partial charge in [0.25, 0.3) is 5.69 Å². The van der Waals surface area contributed by atoms with Crippen molar-refractivity contribution < 1.29 is 10.0 Å². The van der Waals surface area contributed by atoms with Crippen LogP contribution in [0.1, 0.15) is 17.2 Å². The van der Waals surface area contributed by atoms with Crippen LogP contribution in [-0.4, -0.2) is 36.9 Å². The molecule has 1 atom stereocenters. The molecule has 23 heavy (non-hydrogen) atoms. The minimum Gasteiger partial charge on any atom is -0.386 e. The van der Waals surface area contributed by atoms with Gasteiger partial charge in [0, 0.05) is 38.1 Å². The van der Waals surface area contributed by atoms with E-state index in [9.17, 15) is 15.2 Å². The fourth-order valence-electron chi connectivity index (χ4n) is 2.04. The van der Waals surface area contributed by atoms with E-state index < -0.39 is 11.0 Å². The summed E-state index contributed by atoms with van der Waals surface area (Å²) in [6.07, 6.45) is 0.918. The molecule has 0 spiro atoms. The second kappa shape index (κ2) is 7.51. The number of nitro benzene ring substituents is 1. The minimum absolute atomic E-state index is 0.00503. The molecule has 0 aliphatic heterocycles. The maximum atomic E-state index is 10.6. The maximum absolute atomic E-state index is 10.6. The molecular weight excluding hydrogens is 294 g/mol. The third-order valence-electron chi connectivity index (χ3n) is 3.42. The zero-order chi connectivity index (χ0) is 16.8. The van der Waals surface area contributed by atoms with Crippen LogP contribution < -0.4 is 4.90 Å². The van der Waals surface area contributed by atoms with Crippen LogP contribution in [0.5, 0.6) is 0 Å². The number of aliphatic hydroxyl groups excluding tert-OH is 1. The fraction of sp³-hybridized carbons (Fsp3) is 0.235. The molecule has 2 rings (SSSR count). The van der Waals surface area contributed by atoms with Gasteiger partial charge in [0.2, 0.25) is 0 Å². The van der Waals surface area contributed by atoms with E-state index >= 15 is 0 Å². The average Bonchev–Trinajstić information content (AvgIpc) is 2.55. The first kappa shape index (κ1) is 16.6. The number of nitro groups is 1. The summed E-state index contributed by atoms with van der Waals surface area (Å²) in [5.41, 5.74) is 2.67. The Morgan fingerprint density at radius 2 is 1.78 bits per heavy atom. The Morgan fingerprint density at radius 1 is 1.17 bits per heavy atom. The van der Waals surface area contributed by atoms with Gasteiger partial charge < -0.3 is 10.0 Å². The molecule has 0 aromatic heterocycles. The van der Waals surface area contributed by atoms with Crippen molar-refractivity contribution in [1.82, 2.24) is 0 Å². The van der Waals surface area contributed by atoms with Crippen LogP contribution in [-0.2, 0) is 0 Å². The van der Waals surface area contributed by atoms with Gasteiger partial charge in [0.1, 0.15) is 0 Å². The van der Waals surface area contributed by atoms with Crippen molar-refractivity contribution in [2.24, 2.45) is 4.99 Å². The molecule has 6 heteroatoms. The molecule has 1 N–H and O–H groups in total. The van der Waals surface area contributed by atoms with E-state index in [0.717, 1.165) is 11.3 Å². The third kappa shape index (κ3) is 4.62. The Balaban J connectivity index is 1.95. The summed E-state index contributed by atoms with van der Waals surface area (Å²) in [7, 11) is 3.95. The van der Waals surface area contributed by atoms with Crippen molar-refractivity contribution in [3.05, 3.63) is 69.8 Å². The summed E-state index contributed by atoms with van der Waals surface area (Å²) in [6.45, 7) is 0.202. The smallest absolute Gasteiger partial charge is 0.269 e. The first-order valence-electron chi connectivity index (χ1n) is 7.17. The Bertz CT molecular complexity index is 679. The highest BCUT2D eigenvalue weighted by Gasteiger charge is 2.09. The molecule has 0 bridgehead atoms. The number of benzene rings is 2. The van der Waals surface area contributed by atoms with E-state index in [0.29, 0.717) is 5.56 Å². The second-order valence-corrected chi connectivity index (χ2v) is 5.34. The van der Waals surface area contributed by atoms with Crippen LogP contribution >= 0.6 is 0 Å². The van der Waals surface area contributed by atoms with E-state index in [1.807, 2.05) is 43.3 Å². The topological polar surface area (TPSA) is 79.0 Å². The molecule has 0 saturated carbocycles. The molecule has 2 aromatic carbocycles. The SMILES string of the molecule is CN(C)c1ccc(C=NC[C@H](O)c2ccc([N+](=O)[O-])cc2)cc1. The Hall–Kier alpha value is -2.73. The normalized spacial score (nSPS) is 12.3. The maximum Gasteiger partial charge on any atom is 0.269 e. The fourth-order valence-corrected chi connectivity index (χ4v) is 2.04. The number of aliphatic hydroxyl groups is 1. The first-order chi connectivity index (χ1) is 11.0. The van der Waals surface area contributed by atoms with Gasteiger partial charge in [-0.1, -0.05) is 12.1 Å². The van der Waals surface area contributed by atoms with Gasteiger partial charge in [0.05, 0.1) is 17.6 Å². The summed E-state index contributed by atoms with van der Waals surface area (Å²) >= 11 is 0. The highest BCUT2D eigenvalue weighted by molar-refractivity contribution is 5.80. The number of non-ortho nitro benzene ring substituents is 1. The Kier molecular flexibility index (Phi) is 5.43. The molecule has 0 radical (unpaired) electrons. The Labute approximate surface area is 134 Å². The predicted molar refractivity (Wildman–Crippen MR) is 91.3 cm³/mol. The van der Waals surface area contributed by atoms with Crippen LogP contribution in [0.2, 0.25) is 0 Å². The van der Waals surface area contributed by atoms with Crippen LogP contribution in [0.25, 0.3) is 0 Å². The molecule has 0 aliphatic rings. The van der Waals surface area contributed by atoms with Gasteiger partial charge >= 0.3 is 0 Å². The lowest BCUT2D eigenvalue weighted by molar-refractivity contribution is -0.384. The highest BCUT2D eigenvalue weighted by atomic mass is 16.6. The quantitative estimate of drug-likeness (QED) is 0.505. The molecule has 2 aromatic rings. The molecule has 0 heterocycles. The Morgan fingerprint density at radius 3 is 2.30 bits per heavy atom. The largest absolute Gasteiger partial charge is 0.386 e. The zero-order valence-corrected chi connectivity index (χ0v) is 13.1. The number of aliphatic imine (C=N–C) groups is 1. The zero-order valence-electron chi connectivity index (χ0n) is 13.1. The van der Waals surface area contributed by atoms with E-state index in [1.165, 1.54) is 12.1 Å². The third-order valence-corrected chi connectivity index (χ3v) is 3.42. The lowest BCUT2D eigenvalue weighted by Crippen LogP contribution is -2.08. The van der Waals surface area contributed by atoms with Crippen molar-refractivity contribution >= 4 is 17.6 Å².